The number of phenols is 1. The molecule has 2 aromatic rings. The normalized spacial score (nSPS) is 10.9. The average Bonchev–Trinajstić information content (AvgIpc) is 2.44. The highest BCUT2D eigenvalue weighted by Crippen LogP contribution is 2.32. The summed E-state index contributed by atoms with van der Waals surface area (Å²) in [7, 11) is 0. The molecule has 0 amide bonds. The van der Waals surface area contributed by atoms with Gasteiger partial charge in [0.2, 0.25) is 5.75 Å². The zero-order chi connectivity index (χ0) is 16.3. The van der Waals surface area contributed by atoms with Gasteiger partial charge in [-0.05, 0) is 31.5 Å². The monoisotopic (exact) mass is 319 g/mol. The molecule has 0 heterocycles. The van der Waals surface area contributed by atoms with Crippen molar-refractivity contribution in [2.24, 2.45) is 5.10 Å². The Labute approximate surface area is 132 Å². The molecule has 0 fully saturated rings. The molecule has 2 rings (SSSR count). The molecule has 0 aliphatic heterocycles. The predicted molar refractivity (Wildman–Crippen MR) is 86.9 cm³/mol. The molecule has 22 heavy (non-hydrogen) atoms. The summed E-state index contributed by atoms with van der Waals surface area (Å²) in [5, 5.41) is 24.8. The van der Waals surface area contributed by atoms with Crippen molar-refractivity contribution in [2.75, 3.05) is 5.43 Å². The van der Waals surface area contributed by atoms with Gasteiger partial charge in [0.05, 0.1) is 16.8 Å². The van der Waals surface area contributed by atoms with Gasteiger partial charge < -0.3 is 5.11 Å². The number of phenolic OH excluding ortho intramolecular Hbond substituents is 1. The van der Waals surface area contributed by atoms with Gasteiger partial charge in [-0.3, -0.25) is 15.5 Å². The van der Waals surface area contributed by atoms with Crippen molar-refractivity contribution in [3.63, 3.8) is 0 Å². The maximum atomic E-state index is 10.8. The first kappa shape index (κ1) is 15.8. The largest absolute Gasteiger partial charge is 0.502 e. The number of benzene rings is 2. The van der Waals surface area contributed by atoms with Gasteiger partial charge in [-0.1, -0.05) is 29.3 Å². The van der Waals surface area contributed by atoms with Gasteiger partial charge in [-0.25, -0.2) is 0 Å². The molecule has 0 aliphatic carbocycles. The van der Waals surface area contributed by atoms with Gasteiger partial charge in [-0.2, -0.15) is 5.10 Å². The van der Waals surface area contributed by atoms with Crippen molar-refractivity contribution < 1.29 is 10.0 Å². The maximum Gasteiger partial charge on any atom is 0.312 e. The number of nitrogens with zero attached hydrogens (tertiary/aromatic N) is 2. The molecule has 0 atom stereocenters. The van der Waals surface area contributed by atoms with Crippen LogP contribution in [0.3, 0.4) is 0 Å². The second-order valence-corrected chi connectivity index (χ2v) is 5.24. The third-order valence-corrected chi connectivity index (χ3v) is 3.27. The highest BCUT2D eigenvalue weighted by molar-refractivity contribution is 6.31. The quantitative estimate of drug-likeness (QED) is 0.506. The lowest BCUT2D eigenvalue weighted by molar-refractivity contribution is -0.385. The van der Waals surface area contributed by atoms with Crippen LogP contribution in [0.25, 0.3) is 0 Å². The smallest absolute Gasteiger partial charge is 0.312 e. The highest BCUT2D eigenvalue weighted by atomic mass is 35.5. The fourth-order valence-electron chi connectivity index (χ4n) is 1.95. The standard InChI is InChI=1S/C15H14ClN3O3/c1-9-3-4-13(10(2)5-9)18-17-8-11-6-12(16)7-14(15(11)20)19(21)22/h3-8,18,20H,1-2H3/b17-8-. The van der Waals surface area contributed by atoms with Crippen molar-refractivity contribution >= 4 is 29.2 Å². The van der Waals surface area contributed by atoms with E-state index < -0.39 is 16.4 Å². The molecule has 0 saturated carbocycles. The van der Waals surface area contributed by atoms with Crippen LogP contribution in [0.4, 0.5) is 11.4 Å². The van der Waals surface area contributed by atoms with Gasteiger partial charge in [0, 0.05) is 16.7 Å². The first-order valence-electron chi connectivity index (χ1n) is 6.41. The minimum atomic E-state index is -0.698. The van der Waals surface area contributed by atoms with E-state index in [1.165, 1.54) is 12.3 Å². The number of aromatic hydroxyl groups is 1. The van der Waals surface area contributed by atoms with Gasteiger partial charge in [-0.15, -0.1) is 0 Å². The van der Waals surface area contributed by atoms with Crippen LogP contribution < -0.4 is 5.43 Å². The number of nitro benzene ring substituents is 1. The summed E-state index contributed by atoms with van der Waals surface area (Å²) >= 11 is 5.81. The molecule has 2 N–H and O–H groups in total. The lowest BCUT2D eigenvalue weighted by Crippen LogP contribution is -1.96. The second-order valence-electron chi connectivity index (χ2n) is 4.81. The summed E-state index contributed by atoms with van der Waals surface area (Å²) in [6.07, 6.45) is 1.29. The van der Waals surface area contributed by atoms with Crippen LogP contribution in [0.15, 0.2) is 35.4 Å². The minimum absolute atomic E-state index is 0.150. The Kier molecular flexibility index (Phi) is 4.62. The van der Waals surface area contributed by atoms with E-state index in [1.54, 1.807) is 0 Å². The van der Waals surface area contributed by atoms with E-state index >= 15 is 0 Å². The van der Waals surface area contributed by atoms with Gasteiger partial charge >= 0.3 is 5.69 Å². The number of anilines is 1. The topological polar surface area (TPSA) is 87.8 Å². The Morgan fingerprint density at radius 3 is 2.68 bits per heavy atom. The van der Waals surface area contributed by atoms with Gasteiger partial charge in [0.1, 0.15) is 0 Å². The molecule has 0 aliphatic rings. The van der Waals surface area contributed by atoms with E-state index in [2.05, 4.69) is 10.5 Å². The summed E-state index contributed by atoms with van der Waals surface area (Å²) in [6.45, 7) is 3.93. The Morgan fingerprint density at radius 1 is 1.32 bits per heavy atom. The summed E-state index contributed by atoms with van der Waals surface area (Å²) in [5.74, 6) is -0.472. The predicted octanol–water partition coefficient (Wildman–Crippen LogP) is 4.02. The van der Waals surface area contributed by atoms with Crippen LogP contribution >= 0.6 is 11.6 Å². The minimum Gasteiger partial charge on any atom is -0.502 e. The lowest BCUT2D eigenvalue weighted by atomic mass is 10.1. The SMILES string of the molecule is Cc1ccc(N/N=C\c2cc(Cl)cc([N+](=O)[O-])c2O)c(C)c1. The zero-order valence-corrected chi connectivity index (χ0v) is 12.8. The molecule has 114 valence electrons. The lowest BCUT2D eigenvalue weighted by Gasteiger charge is -2.06. The van der Waals surface area contributed by atoms with E-state index in [0.717, 1.165) is 22.9 Å². The van der Waals surface area contributed by atoms with Crippen LogP contribution in [0.1, 0.15) is 16.7 Å². The van der Waals surface area contributed by atoms with Gasteiger partial charge in [0.15, 0.2) is 0 Å². The van der Waals surface area contributed by atoms with E-state index in [0.29, 0.717) is 0 Å². The number of hydrazone groups is 1. The molecule has 7 heteroatoms. The molecule has 0 bridgehead atoms. The first-order chi connectivity index (χ1) is 10.4. The number of aryl methyl sites for hydroxylation is 2. The molecule has 2 aromatic carbocycles. The Morgan fingerprint density at radius 2 is 2.05 bits per heavy atom. The fourth-order valence-corrected chi connectivity index (χ4v) is 2.17. The number of rotatable bonds is 4. The van der Waals surface area contributed by atoms with Crippen molar-refractivity contribution in [3.05, 3.63) is 62.2 Å². The fraction of sp³-hybridized carbons (Fsp3) is 0.133. The zero-order valence-electron chi connectivity index (χ0n) is 12.0. The Balaban J connectivity index is 2.25. The second kappa shape index (κ2) is 6.44. The number of nitro groups is 1. The highest BCUT2D eigenvalue weighted by Gasteiger charge is 2.17. The van der Waals surface area contributed by atoms with Gasteiger partial charge in [0.25, 0.3) is 0 Å². The molecule has 0 aromatic heterocycles. The molecular weight excluding hydrogens is 306 g/mol. The molecule has 6 nitrogen and oxygen atoms in total. The van der Waals surface area contributed by atoms with Crippen LogP contribution in [0, 0.1) is 24.0 Å². The average molecular weight is 320 g/mol. The molecule has 0 spiro atoms. The van der Waals surface area contributed by atoms with E-state index in [-0.39, 0.29) is 10.6 Å². The van der Waals surface area contributed by atoms with Crippen molar-refractivity contribution in [3.8, 4) is 5.75 Å². The summed E-state index contributed by atoms with van der Waals surface area (Å²) in [4.78, 5) is 10.1. The van der Waals surface area contributed by atoms with E-state index in [4.69, 9.17) is 11.6 Å². The maximum absolute atomic E-state index is 10.8. The summed E-state index contributed by atoms with van der Waals surface area (Å²) < 4.78 is 0. The summed E-state index contributed by atoms with van der Waals surface area (Å²) in [5.41, 5.74) is 5.49. The Hall–Kier alpha value is -2.60. The molecule has 0 saturated heterocycles. The third-order valence-electron chi connectivity index (χ3n) is 3.05. The van der Waals surface area contributed by atoms with Crippen molar-refractivity contribution in [1.82, 2.24) is 0 Å². The third kappa shape index (κ3) is 3.53. The van der Waals surface area contributed by atoms with Crippen LogP contribution in [-0.4, -0.2) is 16.2 Å². The summed E-state index contributed by atoms with van der Waals surface area (Å²) in [6, 6.07) is 8.30. The van der Waals surface area contributed by atoms with E-state index in [9.17, 15) is 15.2 Å². The molecule has 0 radical (unpaired) electrons. The number of halogens is 1. The number of hydrogen-bond acceptors (Lipinski definition) is 5. The number of hydrogen-bond donors (Lipinski definition) is 2. The number of nitrogens with one attached hydrogen (secondary N) is 1. The van der Waals surface area contributed by atoms with Crippen molar-refractivity contribution in [1.29, 1.82) is 0 Å². The van der Waals surface area contributed by atoms with Crippen LogP contribution in [0.5, 0.6) is 5.75 Å². The van der Waals surface area contributed by atoms with Crippen molar-refractivity contribution in [2.45, 2.75) is 13.8 Å². The Bertz CT molecular complexity index is 760. The van der Waals surface area contributed by atoms with Crippen LogP contribution in [0.2, 0.25) is 5.02 Å². The first-order valence-corrected chi connectivity index (χ1v) is 6.79. The molecule has 0 unspecified atom stereocenters. The van der Waals surface area contributed by atoms with E-state index in [1.807, 2.05) is 32.0 Å². The van der Waals surface area contributed by atoms with Crippen LogP contribution in [-0.2, 0) is 0 Å². The molecular formula is C15H14ClN3O3.